The molecule has 0 spiro atoms. The number of rotatable bonds is 5. The molecule has 1 atom stereocenters. The topological polar surface area (TPSA) is 96.2 Å². The molecule has 1 amide bonds. The maximum absolute atomic E-state index is 11.7. The van der Waals surface area contributed by atoms with Gasteiger partial charge in [-0.05, 0) is 19.4 Å². The van der Waals surface area contributed by atoms with Crippen LogP contribution in [0.2, 0.25) is 0 Å². The lowest BCUT2D eigenvalue weighted by molar-refractivity contribution is -0.122. The van der Waals surface area contributed by atoms with Crippen LogP contribution in [-0.4, -0.2) is 45.7 Å². The van der Waals surface area contributed by atoms with E-state index in [4.69, 9.17) is 5.11 Å². The Labute approximate surface area is 104 Å². The van der Waals surface area contributed by atoms with Crippen LogP contribution in [0.1, 0.15) is 23.3 Å². The van der Waals surface area contributed by atoms with Gasteiger partial charge in [-0.15, -0.1) is 0 Å². The smallest absolute Gasteiger partial charge is 0.356 e. The molecule has 0 radical (unpaired) electrons. The van der Waals surface area contributed by atoms with Crippen molar-refractivity contribution in [3.8, 4) is 0 Å². The van der Waals surface area contributed by atoms with Gasteiger partial charge in [0.1, 0.15) is 0 Å². The zero-order chi connectivity index (χ0) is 13.0. The first-order valence-corrected chi connectivity index (χ1v) is 5.93. The molecule has 98 valence electrons. The Morgan fingerprint density at radius 2 is 2.44 bits per heavy atom. The van der Waals surface area contributed by atoms with Crippen molar-refractivity contribution >= 4 is 11.9 Å². The number of hydrogen-bond donors (Lipinski definition) is 3. The second kappa shape index (κ2) is 5.63. The zero-order valence-corrected chi connectivity index (χ0v) is 9.93. The van der Waals surface area contributed by atoms with Crippen LogP contribution in [0.5, 0.6) is 0 Å². The molecule has 0 saturated carbocycles. The number of amides is 1. The zero-order valence-electron chi connectivity index (χ0n) is 9.93. The van der Waals surface area contributed by atoms with E-state index in [0.717, 1.165) is 19.4 Å². The summed E-state index contributed by atoms with van der Waals surface area (Å²) in [6.45, 7) is 1.87. The van der Waals surface area contributed by atoms with Gasteiger partial charge in [-0.3, -0.25) is 4.79 Å². The second-order valence-corrected chi connectivity index (χ2v) is 4.24. The van der Waals surface area contributed by atoms with Gasteiger partial charge in [0.2, 0.25) is 5.91 Å². The number of carbonyl (C=O) groups excluding carboxylic acids is 1. The first-order valence-electron chi connectivity index (χ1n) is 5.93. The summed E-state index contributed by atoms with van der Waals surface area (Å²) in [6, 6.07) is -0.0811. The average molecular weight is 252 g/mol. The molecule has 7 heteroatoms. The minimum absolute atomic E-state index is 0.00562. The van der Waals surface area contributed by atoms with Crippen molar-refractivity contribution in [3.05, 3.63) is 18.2 Å². The van der Waals surface area contributed by atoms with E-state index in [-0.39, 0.29) is 17.6 Å². The minimum atomic E-state index is -1.05. The Kier molecular flexibility index (Phi) is 3.93. The number of nitrogens with one attached hydrogen (secondary N) is 2. The standard InChI is InChI=1S/C11H16N4O3/c16-10(8-2-1-3-12-8)13-4-5-15-6-9(11(17)18)14-7-15/h6-8,12H,1-5H2,(H,13,16)(H,17,18)/t8-/m1/s1. The van der Waals surface area contributed by atoms with Gasteiger partial charge < -0.3 is 20.3 Å². The number of aromatic nitrogens is 2. The number of nitrogens with zero attached hydrogens (tertiary/aromatic N) is 2. The molecule has 0 unspecified atom stereocenters. The Morgan fingerprint density at radius 3 is 3.06 bits per heavy atom. The maximum atomic E-state index is 11.7. The highest BCUT2D eigenvalue weighted by Gasteiger charge is 2.21. The van der Waals surface area contributed by atoms with Gasteiger partial charge in [0, 0.05) is 19.3 Å². The molecule has 7 nitrogen and oxygen atoms in total. The van der Waals surface area contributed by atoms with E-state index in [9.17, 15) is 9.59 Å². The van der Waals surface area contributed by atoms with Gasteiger partial charge in [-0.1, -0.05) is 0 Å². The van der Waals surface area contributed by atoms with Crippen molar-refractivity contribution < 1.29 is 14.7 Å². The van der Waals surface area contributed by atoms with Crippen molar-refractivity contribution in [3.63, 3.8) is 0 Å². The highest BCUT2D eigenvalue weighted by Crippen LogP contribution is 2.04. The van der Waals surface area contributed by atoms with Gasteiger partial charge in [0.15, 0.2) is 5.69 Å². The fourth-order valence-corrected chi connectivity index (χ4v) is 1.93. The Morgan fingerprint density at radius 1 is 1.61 bits per heavy atom. The van der Waals surface area contributed by atoms with Crippen LogP contribution in [0.25, 0.3) is 0 Å². The maximum Gasteiger partial charge on any atom is 0.356 e. The summed E-state index contributed by atoms with van der Waals surface area (Å²) in [6.07, 6.45) is 4.80. The number of imidazole rings is 1. The molecule has 18 heavy (non-hydrogen) atoms. The molecule has 0 bridgehead atoms. The van der Waals surface area contributed by atoms with Crippen LogP contribution >= 0.6 is 0 Å². The van der Waals surface area contributed by atoms with E-state index in [2.05, 4.69) is 15.6 Å². The third-order valence-electron chi connectivity index (χ3n) is 2.90. The van der Waals surface area contributed by atoms with E-state index in [0.29, 0.717) is 13.1 Å². The van der Waals surface area contributed by atoms with E-state index in [1.807, 2.05) is 0 Å². The first-order chi connectivity index (χ1) is 8.66. The van der Waals surface area contributed by atoms with Crippen molar-refractivity contribution in [1.82, 2.24) is 20.2 Å². The van der Waals surface area contributed by atoms with E-state index >= 15 is 0 Å². The van der Waals surface area contributed by atoms with Crippen LogP contribution < -0.4 is 10.6 Å². The van der Waals surface area contributed by atoms with Crippen LogP contribution in [0.4, 0.5) is 0 Å². The normalized spacial score (nSPS) is 18.8. The monoisotopic (exact) mass is 252 g/mol. The molecule has 2 rings (SSSR count). The summed E-state index contributed by atoms with van der Waals surface area (Å²) in [4.78, 5) is 26.0. The molecule has 0 aliphatic carbocycles. The molecule has 0 aromatic carbocycles. The van der Waals surface area contributed by atoms with E-state index in [1.54, 1.807) is 4.57 Å². The predicted octanol–water partition coefficient (Wildman–Crippen LogP) is -0.550. The Hall–Kier alpha value is -1.89. The van der Waals surface area contributed by atoms with E-state index < -0.39 is 5.97 Å². The summed E-state index contributed by atoms with van der Waals surface area (Å²) in [5, 5.41) is 14.6. The lowest BCUT2D eigenvalue weighted by atomic mass is 10.2. The average Bonchev–Trinajstić information content (AvgIpc) is 3.00. The Balaban J connectivity index is 1.74. The summed E-state index contributed by atoms with van der Waals surface area (Å²) in [5.74, 6) is -1.04. The summed E-state index contributed by atoms with van der Waals surface area (Å²) < 4.78 is 1.64. The van der Waals surface area contributed by atoms with Gasteiger partial charge in [-0.25, -0.2) is 9.78 Å². The van der Waals surface area contributed by atoms with Crippen molar-refractivity contribution in [2.24, 2.45) is 0 Å². The SMILES string of the molecule is O=C(O)c1cn(CCNC(=O)[C@H]2CCCN2)cn1. The van der Waals surface area contributed by atoms with Crippen LogP contribution in [0.3, 0.4) is 0 Å². The quantitative estimate of drug-likeness (QED) is 0.653. The third kappa shape index (κ3) is 3.07. The number of carboxylic acid groups (broad SMARTS) is 1. The predicted molar refractivity (Wildman–Crippen MR) is 63.2 cm³/mol. The molecule has 1 saturated heterocycles. The molecule has 1 fully saturated rings. The summed E-state index contributed by atoms with van der Waals surface area (Å²) in [7, 11) is 0. The lowest BCUT2D eigenvalue weighted by Gasteiger charge is -2.10. The van der Waals surface area contributed by atoms with Crippen molar-refractivity contribution in [2.45, 2.75) is 25.4 Å². The molecular formula is C11H16N4O3. The third-order valence-corrected chi connectivity index (χ3v) is 2.90. The minimum Gasteiger partial charge on any atom is -0.476 e. The Bertz CT molecular complexity index is 437. The van der Waals surface area contributed by atoms with Gasteiger partial charge in [-0.2, -0.15) is 0 Å². The number of hydrogen-bond acceptors (Lipinski definition) is 4. The summed E-state index contributed by atoms with van der Waals surface area (Å²) >= 11 is 0. The van der Waals surface area contributed by atoms with Crippen LogP contribution in [0, 0.1) is 0 Å². The van der Waals surface area contributed by atoms with Crippen LogP contribution in [0.15, 0.2) is 12.5 Å². The van der Waals surface area contributed by atoms with E-state index in [1.165, 1.54) is 12.5 Å². The molecule has 1 aromatic heterocycles. The molecule has 3 N–H and O–H groups in total. The molecular weight excluding hydrogens is 236 g/mol. The highest BCUT2D eigenvalue weighted by molar-refractivity contribution is 5.84. The molecule has 1 aromatic rings. The molecule has 1 aliphatic heterocycles. The highest BCUT2D eigenvalue weighted by atomic mass is 16.4. The number of aromatic carboxylic acids is 1. The largest absolute Gasteiger partial charge is 0.476 e. The van der Waals surface area contributed by atoms with Crippen molar-refractivity contribution in [1.29, 1.82) is 0 Å². The van der Waals surface area contributed by atoms with Crippen molar-refractivity contribution in [2.75, 3.05) is 13.1 Å². The molecule has 1 aliphatic rings. The van der Waals surface area contributed by atoms with Gasteiger partial charge in [0.25, 0.3) is 0 Å². The molecule has 2 heterocycles. The summed E-state index contributed by atoms with van der Waals surface area (Å²) in [5.41, 5.74) is 0.0128. The van der Waals surface area contributed by atoms with Gasteiger partial charge in [0.05, 0.1) is 12.4 Å². The lowest BCUT2D eigenvalue weighted by Crippen LogP contribution is -2.41. The fraction of sp³-hybridized carbons (Fsp3) is 0.545. The van der Waals surface area contributed by atoms with Crippen LogP contribution in [-0.2, 0) is 11.3 Å². The van der Waals surface area contributed by atoms with Gasteiger partial charge >= 0.3 is 5.97 Å². The number of carboxylic acids is 1. The number of carbonyl (C=O) groups is 2. The first kappa shape index (κ1) is 12.6. The second-order valence-electron chi connectivity index (χ2n) is 4.24. The fourth-order valence-electron chi connectivity index (χ4n) is 1.93.